The number of benzene rings is 3. The Bertz CT molecular complexity index is 1350. The minimum Gasteiger partial charge on any atom is -0.485 e. The van der Waals surface area contributed by atoms with Crippen LogP contribution in [0.3, 0.4) is 0 Å². The lowest BCUT2D eigenvalue weighted by molar-refractivity contribution is 0.0593. The van der Waals surface area contributed by atoms with Crippen molar-refractivity contribution in [1.82, 2.24) is 10.3 Å². The molecular formula is C29H25FN2O5. The summed E-state index contributed by atoms with van der Waals surface area (Å²) in [5.74, 6) is -1.44. The normalized spacial score (nSPS) is 10.4. The quantitative estimate of drug-likeness (QED) is 0.305. The molecule has 37 heavy (non-hydrogen) atoms. The summed E-state index contributed by atoms with van der Waals surface area (Å²) in [4.78, 5) is 29.9. The summed E-state index contributed by atoms with van der Waals surface area (Å²) in [5, 5.41) is 2.75. The molecule has 0 fully saturated rings. The Morgan fingerprint density at radius 2 is 1.41 bits per heavy atom. The highest BCUT2D eigenvalue weighted by atomic mass is 19.1. The molecule has 188 valence electrons. The van der Waals surface area contributed by atoms with E-state index in [1.165, 1.54) is 25.3 Å². The number of methoxy groups -OCH3 is 1. The number of nitrogens with one attached hydrogen (secondary N) is 1. The molecule has 0 unspecified atom stereocenters. The summed E-state index contributed by atoms with van der Waals surface area (Å²) in [6, 6.07) is 26.0. The fourth-order valence-corrected chi connectivity index (χ4v) is 3.45. The molecule has 0 saturated carbocycles. The molecule has 1 aromatic heterocycles. The van der Waals surface area contributed by atoms with E-state index < -0.39 is 11.9 Å². The van der Waals surface area contributed by atoms with Crippen molar-refractivity contribution in [2.75, 3.05) is 7.11 Å². The second-order valence-corrected chi connectivity index (χ2v) is 8.03. The van der Waals surface area contributed by atoms with Crippen molar-refractivity contribution in [2.45, 2.75) is 19.8 Å². The molecule has 0 saturated heterocycles. The summed E-state index contributed by atoms with van der Waals surface area (Å²) in [5.41, 5.74) is 2.20. The summed E-state index contributed by atoms with van der Waals surface area (Å²) >= 11 is 0. The van der Waals surface area contributed by atoms with Gasteiger partial charge in [-0.1, -0.05) is 72.8 Å². The van der Waals surface area contributed by atoms with E-state index in [0.717, 1.165) is 11.1 Å². The molecule has 0 spiro atoms. The summed E-state index contributed by atoms with van der Waals surface area (Å²) in [7, 11) is 1.22. The molecular weight excluding hydrogens is 475 g/mol. The minimum atomic E-state index is -0.730. The van der Waals surface area contributed by atoms with Crippen molar-refractivity contribution >= 4 is 11.9 Å². The molecule has 0 aliphatic heterocycles. The van der Waals surface area contributed by atoms with Crippen LogP contribution < -0.4 is 14.8 Å². The number of amides is 1. The number of carbonyl (C=O) groups is 2. The van der Waals surface area contributed by atoms with Crippen LogP contribution in [-0.2, 0) is 24.5 Å². The largest absolute Gasteiger partial charge is 0.485 e. The molecule has 1 amide bonds. The first kappa shape index (κ1) is 25.4. The number of ether oxygens (including phenoxy) is 3. The van der Waals surface area contributed by atoms with Crippen LogP contribution in [0.15, 0.2) is 91.0 Å². The third kappa shape index (κ3) is 6.91. The molecule has 1 N–H and O–H groups in total. The first-order valence-electron chi connectivity index (χ1n) is 11.5. The predicted molar refractivity (Wildman–Crippen MR) is 135 cm³/mol. The van der Waals surface area contributed by atoms with Gasteiger partial charge < -0.3 is 19.5 Å². The maximum Gasteiger partial charge on any atom is 0.356 e. The Morgan fingerprint density at radius 1 is 0.811 bits per heavy atom. The van der Waals surface area contributed by atoms with Gasteiger partial charge in [-0.05, 0) is 28.8 Å². The van der Waals surface area contributed by atoms with Gasteiger partial charge in [-0.15, -0.1) is 0 Å². The van der Waals surface area contributed by atoms with Gasteiger partial charge in [0.25, 0.3) is 5.91 Å². The third-order valence-corrected chi connectivity index (χ3v) is 5.38. The first-order valence-corrected chi connectivity index (χ1v) is 11.5. The van der Waals surface area contributed by atoms with Gasteiger partial charge in [-0.3, -0.25) is 4.79 Å². The molecule has 0 atom stereocenters. The average molecular weight is 501 g/mol. The zero-order valence-electron chi connectivity index (χ0n) is 20.1. The van der Waals surface area contributed by atoms with Crippen molar-refractivity contribution in [3.05, 3.63) is 125 Å². The van der Waals surface area contributed by atoms with Gasteiger partial charge in [0.1, 0.15) is 19.0 Å². The Kier molecular flexibility index (Phi) is 8.44. The standard InChI is InChI=1S/C29H25FN2O5/c1-35-29(34)24-16-25(36-18-21-8-4-2-5-9-21)27(37-19-22-10-6-3-7-11-22)26(32-24)28(33)31-17-20-12-14-23(30)15-13-20/h2-16H,17-19H2,1H3,(H,31,33). The van der Waals surface area contributed by atoms with Crippen LogP contribution >= 0.6 is 0 Å². The van der Waals surface area contributed by atoms with E-state index in [9.17, 15) is 14.0 Å². The first-order chi connectivity index (χ1) is 18.0. The lowest BCUT2D eigenvalue weighted by Crippen LogP contribution is -2.26. The van der Waals surface area contributed by atoms with Crippen LogP contribution in [0.5, 0.6) is 11.5 Å². The number of hydrogen-bond acceptors (Lipinski definition) is 6. The van der Waals surface area contributed by atoms with E-state index >= 15 is 0 Å². The number of aromatic nitrogens is 1. The second kappa shape index (κ2) is 12.3. The van der Waals surface area contributed by atoms with E-state index in [2.05, 4.69) is 10.3 Å². The van der Waals surface area contributed by atoms with Crippen LogP contribution in [0, 0.1) is 5.82 Å². The van der Waals surface area contributed by atoms with Crippen LogP contribution in [0.25, 0.3) is 0 Å². The third-order valence-electron chi connectivity index (χ3n) is 5.38. The van der Waals surface area contributed by atoms with Crippen LogP contribution in [0.2, 0.25) is 0 Å². The molecule has 0 bridgehead atoms. The van der Waals surface area contributed by atoms with E-state index in [0.29, 0.717) is 5.56 Å². The highest BCUT2D eigenvalue weighted by molar-refractivity contribution is 5.98. The predicted octanol–water partition coefficient (Wildman–Crippen LogP) is 5.10. The van der Waals surface area contributed by atoms with Gasteiger partial charge in [-0.25, -0.2) is 14.2 Å². The van der Waals surface area contributed by atoms with Gasteiger partial charge >= 0.3 is 5.97 Å². The lowest BCUT2D eigenvalue weighted by atomic mass is 10.2. The average Bonchev–Trinajstić information content (AvgIpc) is 2.95. The SMILES string of the molecule is COC(=O)c1cc(OCc2ccccc2)c(OCc2ccccc2)c(C(=O)NCc2ccc(F)cc2)n1. The molecule has 4 rings (SSSR count). The van der Waals surface area contributed by atoms with Crippen LogP contribution in [0.4, 0.5) is 4.39 Å². The van der Waals surface area contributed by atoms with Crippen molar-refractivity contribution < 1.29 is 28.2 Å². The zero-order valence-corrected chi connectivity index (χ0v) is 20.1. The topological polar surface area (TPSA) is 86.8 Å². The van der Waals surface area contributed by atoms with Gasteiger partial charge in [0.15, 0.2) is 22.9 Å². The van der Waals surface area contributed by atoms with E-state index in [-0.39, 0.29) is 48.5 Å². The highest BCUT2D eigenvalue weighted by Gasteiger charge is 2.24. The van der Waals surface area contributed by atoms with Crippen molar-refractivity contribution in [3.8, 4) is 11.5 Å². The Hall–Kier alpha value is -4.72. The molecule has 1 heterocycles. The summed E-state index contributed by atoms with van der Waals surface area (Å²) in [6.45, 7) is 0.422. The molecule has 8 heteroatoms. The van der Waals surface area contributed by atoms with Gasteiger partial charge in [0.05, 0.1) is 7.11 Å². The van der Waals surface area contributed by atoms with Gasteiger partial charge in [-0.2, -0.15) is 0 Å². The maximum absolute atomic E-state index is 13.3. The zero-order chi connectivity index (χ0) is 26.0. The lowest BCUT2D eigenvalue weighted by Gasteiger charge is -2.17. The molecule has 0 aliphatic carbocycles. The van der Waals surface area contributed by atoms with Crippen LogP contribution in [0.1, 0.15) is 37.7 Å². The Balaban J connectivity index is 1.67. The Morgan fingerprint density at radius 3 is 2.00 bits per heavy atom. The molecule has 0 aliphatic rings. The fraction of sp³-hybridized carbons (Fsp3) is 0.138. The number of rotatable bonds is 10. The summed E-state index contributed by atoms with van der Waals surface area (Å²) < 4.78 is 30.2. The minimum absolute atomic E-state index is 0.0871. The monoisotopic (exact) mass is 500 g/mol. The van der Waals surface area contributed by atoms with E-state index in [4.69, 9.17) is 14.2 Å². The maximum atomic E-state index is 13.3. The number of carbonyl (C=O) groups excluding carboxylic acids is 2. The van der Waals surface area contributed by atoms with Gasteiger partial charge in [0.2, 0.25) is 0 Å². The fourth-order valence-electron chi connectivity index (χ4n) is 3.45. The highest BCUT2D eigenvalue weighted by Crippen LogP contribution is 2.33. The number of hydrogen-bond donors (Lipinski definition) is 1. The van der Waals surface area contributed by atoms with Crippen LogP contribution in [-0.4, -0.2) is 24.0 Å². The number of halogens is 1. The summed E-state index contributed by atoms with van der Waals surface area (Å²) in [6.07, 6.45) is 0. The number of nitrogens with zero attached hydrogens (tertiary/aromatic N) is 1. The molecule has 7 nitrogen and oxygen atoms in total. The van der Waals surface area contributed by atoms with Crippen molar-refractivity contribution in [1.29, 1.82) is 0 Å². The number of pyridine rings is 1. The van der Waals surface area contributed by atoms with E-state index in [1.807, 2.05) is 60.7 Å². The van der Waals surface area contributed by atoms with Crippen molar-refractivity contribution in [3.63, 3.8) is 0 Å². The van der Waals surface area contributed by atoms with Gasteiger partial charge in [0, 0.05) is 12.6 Å². The second-order valence-electron chi connectivity index (χ2n) is 8.03. The Labute approximate surface area is 213 Å². The van der Waals surface area contributed by atoms with Crippen molar-refractivity contribution in [2.24, 2.45) is 0 Å². The molecule has 4 aromatic rings. The molecule has 3 aromatic carbocycles. The molecule has 0 radical (unpaired) electrons. The van der Waals surface area contributed by atoms with E-state index in [1.54, 1.807) is 12.1 Å². The smallest absolute Gasteiger partial charge is 0.356 e. The number of esters is 1.